The van der Waals surface area contributed by atoms with Gasteiger partial charge in [-0.3, -0.25) is 4.40 Å². The maximum atomic E-state index is 4.61. The fourth-order valence-corrected chi connectivity index (χ4v) is 4.20. The Morgan fingerprint density at radius 3 is 3.33 bits per heavy atom. The van der Waals surface area contributed by atoms with Crippen molar-refractivity contribution in [3.05, 3.63) is 23.5 Å². The molecule has 2 unspecified atom stereocenters. The van der Waals surface area contributed by atoms with E-state index in [9.17, 15) is 0 Å². The second-order valence-electron chi connectivity index (χ2n) is 4.93. The third-order valence-electron chi connectivity index (χ3n) is 3.67. The largest absolute Gasteiger partial charge is 0.308 e. The molecule has 0 saturated heterocycles. The normalized spacial score (nSPS) is 24.7. The summed E-state index contributed by atoms with van der Waals surface area (Å²) in [6.45, 7) is 0.903. The van der Waals surface area contributed by atoms with Crippen LogP contribution in [-0.4, -0.2) is 26.9 Å². The van der Waals surface area contributed by atoms with Gasteiger partial charge in [0.1, 0.15) is 0 Å². The second-order valence-corrected chi connectivity index (χ2v) is 6.94. The van der Waals surface area contributed by atoms with Gasteiger partial charge in [-0.2, -0.15) is 11.8 Å². The Hall–Kier alpha value is -0.520. The molecule has 18 heavy (non-hydrogen) atoms. The molecule has 0 amide bonds. The highest BCUT2D eigenvalue weighted by Gasteiger charge is 2.20. The Kier molecular flexibility index (Phi) is 3.91. The lowest BCUT2D eigenvalue weighted by atomic mass is 9.95. The topological polar surface area (TPSA) is 29.3 Å². The molecule has 1 N–H and O–H groups in total. The Bertz CT molecular complexity index is 477. The fraction of sp³-hybridized carbons (Fsp3) is 0.615. The van der Waals surface area contributed by atoms with Crippen molar-refractivity contribution in [2.45, 2.75) is 43.5 Å². The van der Waals surface area contributed by atoms with Crippen molar-refractivity contribution >= 4 is 28.1 Å². The molecular formula is C13H19N3S2. The minimum atomic E-state index is 0.677. The highest BCUT2D eigenvalue weighted by Crippen LogP contribution is 2.27. The van der Waals surface area contributed by atoms with E-state index in [1.54, 1.807) is 11.3 Å². The van der Waals surface area contributed by atoms with Gasteiger partial charge in [-0.15, -0.1) is 11.3 Å². The lowest BCUT2D eigenvalue weighted by Crippen LogP contribution is -2.34. The number of fused-ring (bicyclic) bond motifs is 1. The summed E-state index contributed by atoms with van der Waals surface area (Å²) < 4.78 is 2.10. The zero-order valence-electron chi connectivity index (χ0n) is 10.6. The summed E-state index contributed by atoms with van der Waals surface area (Å²) in [5.41, 5.74) is 1.16. The van der Waals surface area contributed by atoms with Crippen LogP contribution in [0.15, 0.2) is 17.8 Å². The summed E-state index contributed by atoms with van der Waals surface area (Å²) in [4.78, 5) is 5.70. The van der Waals surface area contributed by atoms with Crippen LogP contribution >= 0.6 is 23.1 Å². The number of nitrogens with one attached hydrogen (secondary N) is 1. The zero-order chi connectivity index (χ0) is 12.4. The monoisotopic (exact) mass is 281 g/mol. The SMILES string of the molecule is CSC1CCCC(NCc2cn3ccsc3n2)C1. The van der Waals surface area contributed by atoms with Crippen LogP contribution in [0.1, 0.15) is 31.4 Å². The number of imidazole rings is 1. The summed E-state index contributed by atoms with van der Waals surface area (Å²) in [6, 6.07) is 0.677. The Labute approximate surface area is 116 Å². The van der Waals surface area contributed by atoms with Gasteiger partial charge in [0, 0.05) is 35.6 Å². The van der Waals surface area contributed by atoms with Crippen LogP contribution in [-0.2, 0) is 6.54 Å². The van der Waals surface area contributed by atoms with Gasteiger partial charge >= 0.3 is 0 Å². The summed E-state index contributed by atoms with van der Waals surface area (Å²) in [6.07, 6.45) is 11.8. The number of thiazole rings is 1. The van der Waals surface area contributed by atoms with Crippen molar-refractivity contribution in [3.63, 3.8) is 0 Å². The van der Waals surface area contributed by atoms with Gasteiger partial charge in [-0.05, 0) is 25.5 Å². The van der Waals surface area contributed by atoms with E-state index >= 15 is 0 Å². The Morgan fingerprint density at radius 1 is 1.56 bits per heavy atom. The van der Waals surface area contributed by atoms with E-state index in [-0.39, 0.29) is 0 Å². The van der Waals surface area contributed by atoms with E-state index in [2.05, 4.69) is 38.7 Å². The van der Waals surface area contributed by atoms with Crippen molar-refractivity contribution in [3.8, 4) is 0 Å². The van der Waals surface area contributed by atoms with Crippen molar-refractivity contribution in [2.75, 3.05) is 6.26 Å². The van der Waals surface area contributed by atoms with Gasteiger partial charge in [-0.25, -0.2) is 4.98 Å². The first-order valence-electron chi connectivity index (χ1n) is 6.52. The number of hydrogen-bond acceptors (Lipinski definition) is 4. The standard InChI is InChI=1S/C13H19N3S2/c1-17-12-4-2-3-10(7-12)14-8-11-9-16-5-6-18-13(16)15-11/h5-6,9-10,12,14H,2-4,7-8H2,1H3. The first-order valence-corrected chi connectivity index (χ1v) is 8.69. The number of thioether (sulfide) groups is 1. The third kappa shape index (κ3) is 2.73. The molecule has 1 saturated carbocycles. The van der Waals surface area contributed by atoms with Crippen LogP contribution in [0.4, 0.5) is 0 Å². The minimum absolute atomic E-state index is 0.677. The molecule has 2 aromatic rings. The predicted molar refractivity (Wildman–Crippen MR) is 79.5 cm³/mol. The summed E-state index contributed by atoms with van der Waals surface area (Å²) in [5, 5.41) is 6.59. The lowest BCUT2D eigenvalue weighted by molar-refractivity contribution is 0.378. The van der Waals surface area contributed by atoms with E-state index in [1.165, 1.54) is 25.7 Å². The summed E-state index contributed by atoms with van der Waals surface area (Å²) in [7, 11) is 0. The van der Waals surface area contributed by atoms with Crippen LogP contribution in [0.5, 0.6) is 0 Å². The highest BCUT2D eigenvalue weighted by molar-refractivity contribution is 7.99. The first kappa shape index (κ1) is 12.5. The smallest absolute Gasteiger partial charge is 0.193 e. The Balaban J connectivity index is 1.55. The zero-order valence-corrected chi connectivity index (χ0v) is 12.3. The van der Waals surface area contributed by atoms with Crippen LogP contribution in [0, 0.1) is 0 Å². The molecule has 2 atom stereocenters. The molecule has 1 aliphatic carbocycles. The van der Waals surface area contributed by atoms with Crippen molar-refractivity contribution < 1.29 is 0 Å². The summed E-state index contributed by atoms with van der Waals surface area (Å²) >= 11 is 3.71. The van der Waals surface area contributed by atoms with Gasteiger partial charge < -0.3 is 5.32 Å². The second kappa shape index (κ2) is 5.63. The van der Waals surface area contributed by atoms with Crippen molar-refractivity contribution in [2.24, 2.45) is 0 Å². The molecule has 1 fully saturated rings. The van der Waals surface area contributed by atoms with Gasteiger partial charge in [0.25, 0.3) is 0 Å². The van der Waals surface area contributed by atoms with E-state index in [1.807, 2.05) is 11.8 Å². The van der Waals surface area contributed by atoms with Crippen LogP contribution in [0.25, 0.3) is 4.96 Å². The fourth-order valence-electron chi connectivity index (χ4n) is 2.65. The van der Waals surface area contributed by atoms with Crippen LogP contribution in [0.2, 0.25) is 0 Å². The molecule has 5 heteroatoms. The molecule has 2 heterocycles. The lowest BCUT2D eigenvalue weighted by Gasteiger charge is -2.28. The molecule has 0 radical (unpaired) electrons. The third-order valence-corrected chi connectivity index (χ3v) is 5.54. The van der Waals surface area contributed by atoms with Crippen LogP contribution < -0.4 is 5.32 Å². The average molecular weight is 281 g/mol. The van der Waals surface area contributed by atoms with E-state index in [0.717, 1.165) is 22.4 Å². The maximum Gasteiger partial charge on any atom is 0.193 e. The summed E-state index contributed by atoms with van der Waals surface area (Å²) in [5.74, 6) is 0. The molecule has 3 rings (SSSR count). The quantitative estimate of drug-likeness (QED) is 0.933. The number of aromatic nitrogens is 2. The van der Waals surface area contributed by atoms with Gasteiger partial charge in [-0.1, -0.05) is 6.42 Å². The molecule has 0 aliphatic heterocycles. The molecular weight excluding hydrogens is 262 g/mol. The first-order chi connectivity index (χ1) is 8.85. The van der Waals surface area contributed by atoms with E-state index < -0.39 is 0 Å². The molecule has 0 spiro atoms. The van der Waals surface area contributed by atoms with Crippen LogP contribution in [0.3, 0.4) is 0 Å². The molecule has 1 aliphatic rings. The molecule has 98 valence electrons. The van der Waals surface area contributed by atoms with Crippen molar-refractivity contribution in [1.82, 2.24) is 14.7 Å². The molecule has 2 aromatic heterocycles. The Morgan fingerprint density at radius 2 is 2.50 bits per heavy atom. The minimum Gasteiger partial charge on any atom is -0.308 e. The highest BCUT2D eigenvalue weighted by atomic mass is 32.2. The predicted octanol–water partition coefficient (Wildman–Crippen LogP) is 3.16. The van der Waals surface area contributed by atoms with E-state index in [4.69, 9.17) is 0 Å². The van der Waals surface area contributed by atoms with Gasteiger partial charge in [0.05, 0.1) is 5.69 Å². The number of hydrogen-bond donors (Lipinski definition) is 1. The maximum absolute atomic E-state index is 4.61. The number of rotatable bonds is 4. The van der Waals surface area contributed by atoms with Gasteiger partial charge in [0.2, 0.25) is 0 Å². The van der Waals surface area contributed by atoms with Crippen molar-refractivity contribution in [1.29, 1.82) is 0 Å². The molecule has 0 aromatic carbocycles. The number of nitrogens with zero attached hydrogens (tertiary/aromatic N) is 2. The average Bonchev–Trinajstić information content (AvgIpc) is 2.97. The van der Waals surface area contributed by atoms with Gasteiger partial charge in [0.15, 0.2) is 4.96 Å². The molecule has 0 bridgehead atoms. The van der Waals surface area contributed by atoms with E-state index in [0.29, 0.717) is 6.04 Å². The molecule has 3 nitrogen and oxygen atoms in total.